The zero-order valence-electron chi connectivity index (χ0n) is 11.4. The van der Waals surface area contributed by atoms with Crippen LogP contribution in [0, 0.1) is 0 Å². The van der Waals surface area contributed by atoms with Gasteiger partial charge in [-0.2, -0.15) is 0 Å². The molecule has 2 aromatic rings. The molecule has 0 aliphatic rings. The van der Waals surface area contributed by atoms with Gasteiger partial charge in [0.15, 0.2) is 5.16 Å². The number of hydrogen-bond acceptors (Lipinski definition) is 6. The molecule has 0 aliphatic heterocycles. The Morgan fingerprint density at radius 3 is 2.86 bits per heavy atom. The Hall–Kier alpha value is -1.60. The predicted molar refractivity (Wildman–Crippen MR) is 86.1 cm³/mol. The van der Waals surface area contributed by atoms with Crippen LogP contribution in [-0.2, 0) is 10.5 Å². The Morgan fingerprint density at radius 1 is 1.43 bits per heavy atom. The highest BCUT2D eigenvalue weighted by molar-refractivity contribution is 9.10. The Bertz CT molecular complexity index is 652. The topological polar surface area (TPSA) is 78.1 Å². The molecule has 21 heavy (non-hydrogen) atoms. The van der Waals surface area contributed by atoms with E-state index in [1.54, 1.807) is 6.92 Å². The second-order valence-electron chi connectivity index (χ2n) is 4.05. The van der Waals surface area contributed by atoms with E-state index >= 15 is 0 Å². The van der Waals surface area contributed by atoms with Crippen molar-refractivity contribution in [3.63, 3.8) is 0 Å². The predicted octanol–water partition coefficient (Wildman–Crippen LogP) is 3.29. The van der Waals surface area contributed by atoms with Crippen LogP contribution in [0.15, 0.2) is 40.1 Å². The number of ether oxygens (including phenoxy) is 1. The average molecular weight is 368 g/mol. The lowest BCUT2D eigenvalue weighted by atomic mass is 10.2. The molecule has 0 atom stereocenters. The number of nitrogens with zero attached hydrogens (tertiary/aromatic N) is 2. The molecule has 0 bridgehead atoms. The number of halogens is 1. The van der Waals surface area contributed by atoms with Crippen molar-refractivity contribution in [2.75, 3.05) is 12.3 Å². The van der Waals surface area contributed by atoms with Gasteiger partial charge < -0.3 is 10.5 Å². The minimum atomic E-state index is -0.502. The normalized spacial score (nSPS) is 10.4. The van der Waals surface area contributed by atoms with E-state index in [4.69, 9.17) is 10.5 Å². The number of anilines is 1. The zero-order valence-corrected chi connectivity index (χ0v) is 13.8. The molecule has 2 rings (SSSR count). The lowest BCUT2D eigenvalue weighted by molar-refractivity contribution is 0.0526. The summed E-state index contributed by atoms with van der Waals surface area (Å²) in [5.41, 5.74) is 7.11. The Balaban J connectivity index is 2.07. The van der Waals surface area contributed by atoms with Crippen LogP contribution in [-0.4, -0.2) is 22.5 Å². The maximum Gasteiger partial charge on any atom is 0.343 e. The molecule has 0 spiro atoms. The van der Waals surface area contributed by atoms with Crippen molar-refractivity contribution in [2.24, 2.45) is 0 Å². The molecule has 5 nitrogen and oxygen atoms in total. The third-order valence-electron chi connectivity index (χ3n) is 2.61. The molecule has 0 fully saturated rings. The quantitative estimate of drug-likeness (QED) is 0.496. The maximum absolute atomic E-state index is 11.6. The summed E-state index contributed by atoms with van der Waals surface area (Å²) >= 11 is 4.94. The summed E-state index contributed by atoms with van der Waals surface area (Å²) in [6.07, 6.45) is 1.41. The monoisotopic (exact) mass is 367 g/mol. The largest absolute Gasteiger partial charge is 0.462 e. The highest BCUT2D eigenvalue weighted by Crippen LogP contribution is 2.25. The number of nitrogen functional groups attached to an aromatic ring is 1. The standard InChI is InChI=1S/C14H14BrN3O2S/c1-2-20-13(19)10-7-17-14(18-12(10)16)21-8-9-5-3-4-6-11(9)15/h3-7H,2,8H2,1H3,(H2,16,17,18). The molecular formula is C14H14BrN3O2S. The second-order valence-corrected chi connectivity index (χ2v) is 5.85. The van der Waals surface area contributed by atoms with Gasteiger partial charge in [0.25, 0.3) is 0 Å². The van der Waals surface area contributed by atoms with E-state index in [2.05, 4.69) is 25.9 Å². The highest BCUT2D eigenvalue weighted by atomic mass is 79.9. The first kappa shape index (κ1) is 15.8. The van der Waals surface area contributed by atoms with Crippen molar-refractivity contribution in [3.05, 3.63) is 46.1 Å². The van der Waals surface area contributed by atoms with Crippen LogP contribution in [0.3, 0.4) is 0 Å². The van der Waals surface area contributed by atoms with Gasteiger partial charge in [0.1, 0.15) is 11.4 Å². The number of benzene rings is 1. The molecule has 1 aromatic heterocycles. The SMILES string of the molecule is CCOC(=O)c1cnc(SCc2ccccc2Br)nc1N. The number of aromatic nitrogens is 2. The second kappa shape index (κ2) is 7.42. The fourth-order valence-electron chi connectivity index (χ4n) is 1.57. The third kappa shape index (κ3) is 4.18. The third-order valence-corrected chi connectivity index (χ3v) is 4.29. The van der Waals surface area contributed by atoms with Crippen LogP contribution in [0.25, 0.3) is 0 Å². The number of esters is 1. The van der Waals surface area contributed by atoms with Crippen LogP contribution in [0.1, 0.15) is 22.8 Å². The zero-order chi connectivity index (χ0) is 15.2. The van der Waals surface area contributed by atoms with Gasteiger partial charge in [-0.1, -0.05) is 45.9 Å². The molecule has 0 radical (unpaired) electrons. The van der Waals surface area contributed by atoms with Gasteiger partial charge in [0, 0.05) is 16.4 Å². The van der Waals surface area contributed by atoms with Crippen LogP contribution in [0.4, 0.5) is 5.82 Å². The van der Waals surface area contributed by atoms with Crippen molar-refractivity contribution < 1.29 is 9.53 Å². The van der Waals surface area contributed by atoms with E-state index in [1.165, 1.54) is 18.0 Å². The van der Waals surface area contributed by atoms with Crippen LogP contribution < -0.4 is 5.73 Å². The van der Waals surface area contributed by atoms with E-state index in [0.717, 1.165) is 10.0 Å². The molecule has 110 valence electrons. The smallest absolute Gasteiger partial charge is 0.343 e. The molecule has 0 saturated heterocycles. The summed E-state index contributed by atoms with van der Waals surface area (Å²) in [6.45, 7) is 2.02. The first-order chi connectivity index (χ1) is 10.1. The summed E-state index contributed by atoms with van der Waals surface area (Å²) in [4.78, 5) is 19.9. The molecule has 7 heteroatoms. The summed E-state index contributed by atoms with van der Waals surface area (Å²) in [5.74, 6) is 0.343. The molecule has 1 aromatic carbocycles. The fraction of sp³-hybridized carbons (Fsp3) is 0.214. The van der Waals surface area contributed by atoms with E-state index < -0.39 is 5.97 Å². The first-order valence-corrected chi connectivity index (χ1v) is 8.05. The van der Waals surface area contributed by atoms with Crippen molar-refractivity contribution in [3.8, 4) is 0 Å². The van der Waals surface area contributed by atoms with E-state index in [1.807, 2.05) is 24.3 Å². The van der Waals surface area contributed by atoms with Crippen molar-refractivity contribution in [1.82, 2.24) is 9.97 Å². The molecular weight excluding hydrogens is 354 g/mol. The van der Waals surface area contributed by atoms with Crippen molar-refractivity contribution in [1.29, 1.82) is 0 Å². The van der Waals surface area contributed by atoms with Crippen LogP contribution in [0.2, 0.25) is 0 Å². The molecule has 0 saturated carbocycles. The van der Waals surface area contributed by atoms with Crippen molar-refractivity contribution >= 4 is 39.5 Å². The van der Waals surface area contributed by atoms with E-state index in [0.29, 0.717) is 10.9 Å². The maximum atomic E-state index is 11.6. The summed E-state index contributed by atoms with van der Waals surface area (Å²) in [7, 11) is 0. The minimum absolute atomic E-state index is 0.137. The molecule has 2 N–H and O–H groups in total. The lowest BCUT2D eigenvalue weighted by Gasteiger charge is -2.06. The van der Waals surface area contributed by atoms with Crippen LogP contribution >= 0.6 is 27.7 Å². The number of rotatable bonds is 5. The number of thioether (sulfide) groups is 1. The molecule has 1 heterocycles. The summed E-state index contributed by atoms with van der Waals surface area (Å²) in [5, 5.41) is 0.524. The fourth-order valence-corrected chi connectivity index (χ4v) is 3.01. The Morgan fingerprint density at radius 2 is 2.19 bits per heavy atom. The highest BCUT2D eigenvalue weighted by Gasteiger charge is 2.13. The number of nitrogens with two attached hydrogens (primary N) is 1. The first-order valence-electron chi connectivity index (χ1n) is 6.27. The van der Waals surface area contributed by atoms with Gasteiger partial charge in [0.05, 0.1) is 6.61 Å². The molecule has 0 unspecified atom stereocenters. The van der Waals surface area contributed by atoms with E-state index in [-0.39, 0.29) is 18.0 Å². The van der Waals surface area contributed by atoms with Gasteiger partial charge >= 0.3 is 5.97 Å². The number of carbonyl (C=O) groups excluding carboxylic acids is 1. The minimum Gasteiger partial charge on any atom is -0.462 e. The van der Waals surface area contributed by atoms with Gasteiger partial charge in [0.2, 0.25) is 0 Å². The Kier molecular flexibility index (Phi) is 5.58. The summed E-state index contributed by atoms with van der Waals surface area (Å²) < 4.78 is 5.92. The molecule has 0 amide bonds. The lowest BCUT2D eigenvalue weighted by Crippen LogP contribution is -2.10. The number of carbonyl (C=O) groups is 1. The summed E-state index contributed by atoms with van der Waals surface area (Å²) in [6, 6.07) is 7.93. The number of hydrogen-bond donors (Lipinski definition) is 1. The van der Waals surface area contributed by atoms with Crippen molar-refractivity contribution in [2.45, 2.75) is 17.8 Å². The van der Waals surface area contributed by atoms with E-state index in [9.17, 15) is 4.79 Å². The van der Waals surface area contributed by atoms with Gasteiger partial charge in [-0.25, -0.2) is 14.8 Å². The van der Waals surface area contributed by atoms with Gasteiger partial charge in [-0.05, 0) is 18.6 Å². The Labute approximate surface area is 135 Å². The average Bonchev–Trinajstić information content (AvgIpc) is 2.46. The van der Waals surface area contributed by atoms with Crippen LogP contribution in [0.5, 0.6) is 0 Å². The van der Waals surface area contributed by atoms with Gasteiger partial charge in [-0.3, -0.25) is 0 Å². The van der Waals surface area contributed by atoms with Gasteiger partial charge in [-0.15, -0.1) is 0 Å². The molecule has 0 aliphatic carbocycles.